The van der Waals surface area contributed by atoms with E-state index in [9.17, 15) is 9.18 Å². The van der Waals surface area contributed by atoms with Crippen molar-refractivity contribution in [3.8, 4) is 0 Å². The number of nitrogens with zero attached hydrogens (tertiary/aromatic N) is 2. The van der Waals surface area contributed by atoms with Gasteiger partial charge >= 0.3 is 0 Å². The highest BCUT2D eigenvalue weighted by Gasteiger charge is 2.10. The Kier molecular flexibility index (Phi) is 3.50. The van der Waals surface area contributed by atoms with E-state index >= 15 is 0 Å². The molecule has 3 rings (SSSR count). The average molecular weight is 302 g/mol. The van der Waals surface area contributed by atoms with Crippen molar-refractivity contribution in [3.05, 3.63) is 65.3 Å². The number of nitrogens with one attached hydrogen (secondary N) is 1. The molecule has 0 radical (unpaired) electrons. The van der Waals surface area contributed by atoms with Gasteiger partial charge in [-0.15, -0.1) is 0 Å². The van der Waals surface area contributed by atoms with Crippen LogP contribution in [0.5, 0.6) is 0 Å². The van der Waals surface area contributed by atoms with Crippen molar-refractivity contribution in [1.29, 1.82) is 0 Å². The molecule has 21 heavy (non-hydrogen) atoms. The van der Waals surface area contributed by atoms with Crippen LogP contribution in [0.4, 0.5) is 10.1 Å². The monoisotopic (exact) mass is 301 g/mol. The first-order valence-electron chi connectivity index (χ1n) is 6.11. The molecule has 0 bridgehead atoms. The van der Waals surface area contributed by atoms with Crippen LogP contribution in [0.25, 0.3) is 10.9 Å². The largest absolute Gasteiger partial charge is 0.321 e. The highest BCUT2D eigenvalue weighted by atomic mass is 35.5. The summed E-state index contributed by atoms with van der Waals surface area (Å²) in [7, 11) is 0. The topological polar surface area (TPSA) is 54.9 Å². The quantitative estimate of drug-likeness (QED) is 0.735. The molecule has 0 atom stereocenters. The lowest BCUT2D eigenvalue weighted by atomic mass is 10.1. The summed E-state index contributed by atoms with van der Waals surface area (Å²) in [6.45, 7) is 0. The Bertz CT molecular complexity index is 821. The molecule has 1 aromatic carbocycles. The van der Waals surface area contributed by atoms with Gasteiger partial charge in [-0.1, -0.05) is 11.6 Å². The molecule has 3 aromatic rings. The van der Waals surface area contributed by atoms with E-state index in [0.29, 0.717) is 16.2 Å². The van der Waals surface area contributed by atoms with Gasteiger partial charge in [-0.2, -0.15) is 4.39 Å². The second-order valence-corrected chi connectivity index (χ2v) is 4.73. The van der Waals surface area contributed by atoms with Crippen LogP contribution in [0, 0.1) is 5.95 Å². The van der Waals surface area contributed by atoms with E-state index in [4.69, 9.17) is 11.6 Å². The lowest BCUT2D eigenvalue weighted by molar-refractivity contribution is 0.102. The van der Waals surface area contributed by atoms with Crippen LogP contribution in [-0.4, -0.2) is 15.9 Å². The lowest BCUT2D eigenvalue weighted by Gasteiger charge is -2.09. The minimum absolute atomic E-state index is 0.267. The van der Waals surface area contributed by atoms with Crippen molar-refractivity contribution >= 4 is 34.1 Å². The van der Waals surface area contributed by atoms with Gasteiger partial charge in [0.15, 0.2) is 0 Å². The average Bonchev–Trinajstić information content (AvgIpc) is 2.51. The van der Waals surface area contributed by atoms with E-state index < -0.39 is 5.95 Å². The minimum Gasteiger partial charge on any atom is -0.321 e. The van der Waals surface area contributed by atoms with Crippen molar-refractivity contribution in [1.82, 2.24) is 9.97 Å². The Morgan fingerprint density at radius 1 is 1.14 bits per heavy atom. The van der Waals surface area contributed by atoms with Crippen LogP contribution >= 0.6 is 11.6 Å². The SMILES string of the molecule is O=C(Nc1ccc(Cl)c2ncccc12)c1ccc(F)nc1. The maximum absolute atomic E-state index is 12.8. The number of hydrogen-bond donors (Lipinski definition) is 1. The first kappa shape index (κ1) is 13.5. The van der Waals surface area contributed by atoms with E-state index in [0.717, 1.165) is 11.5 Å². The summed E-state index contributed by atoms with van der Waals surface area (Å²) in [6, 6.07) is 9.43. The molecule has 0 spiro atoms. The number of hydrogen-bond acceptors (Lipinski definition) is 3. The van der Waals surface area contributed by atoms with Crippen LogP contribution in [0.3, 0.4) is 0 Å². The molecule has 2 heterocycles. The van der Waals surface area contributed by atoms with Gasteiger partial charge in [0.2, 0.25) is 5.95 Å². The van der Waals surface area contributed by atoms with Gasteiger partial charge in [0, 0.05) is 17.8 Å². The predicted octanol–water partition coefficient (Wildman–Crippen LogP) is 3.67. The number of anilines is 1. The van der Waals surface area contributed by atoms with Crippen LogP contribution < -0.4 is 5.32 Å². The smallest absolute Gasteiger partial charge is 0.257 e. The molecule has 104 valence electrons. The number of rotatable bonds is 2. The first-order valence-corrected chi connectivity index (χ1v) is 6.49. The molecule has 6 heteroatoms. The zero-order valence-corrected chi connectivity index (χ0v) is 11.4. The Morgan fingerprint density at radius 2 is 2.00 bits per heavy atom. The van der Waals surface area contributed by atoms with E-state index in [-0.39, 0.29) is 11.5 Å². The fourth-order valence-corrected chi connectivity index (χ4v) is 2.17. The van der Waals surface area contributed by atoms with Gasteiger partial charge in [-0.05, 0) is 36.4 Å². The fourth-order valence-electron chi connectivity index (χ4n) is 1.95. The molecule has 4 nitrogen and oxygen atoms in total. The van der Waals surface area contributed by atoms with E-state index in [1.165, 1.54) is 12.3 Å². The van der Waals surface area contributed by atoms with Gasteiger partial charge < -0.3 is 5.32 Å². The third-order valence-corrected chi connectivity index (χ3v) is 3.26. The maximum atomic E-state index is 12.8. The van der Waals surface area contributed by atoms with Crippen LogP contribution in [0.15, 0.2) is 48.8 Å². The van der Waals surface area contributed by atoms with E-state index in [1.54, 1.807) is 24.4 Å². The van der Waals surface area contributed by atoms with E-state index in [1.807, 2.05) is 6.07 Å². The van der Waals surface area contributed by atoms with Crippen molar-refractivity contribution in [3.63, 3.8) is 0 Å². The normalized spacial score (nSPS) is 10.6. The molecule has 1 N–H and O–H groups in total. The van der Waals surface area contributed by atoms with Gasteiger partial charge in [-0.3, -0.25) is 9.78 Å². The van der Waals surface area contributed by atoms with Crippen molar-refractivity contribution in [2.45, 2.75) is 0 Å². The second-order valence-electron chi connectivity index (χ2n) is 4.32. The Hall–Kier alpha value is -2.53. The summed E-state index contributed by atoms with van der Waals surface area (Å²) in [6.07, 6.45) is 2.81. The number of pyridine rings is 2. The summed E-state index contributed by atoms with van der Waals surface area (Å²) < 4.78 is 12.8. The van der Waals surface area contributed by atoms with Crippen LogP contribution in [0.1, 0.15) is 10.4 Å². The van der Waals surface area contributed by atoms with Crippen molar-refractivity contribution < 1.29 is 9.18 Å². The van der Waals surface area contributed by atoms with Gasteiger partial charge in [-0.25, -0.2) is 4.98 Å². The Balaban J connectivity index is 1.97. The Labute approximate surface area is 124 Å². The molecule has 1 amide bonds. The fraction of sp³-hybridized carbons (Fsp3) is 0. The summed E-state index contributed by atoms with van der Waals surface area (Å²) >= 11 is 6.07. The molecule has 0 fully saturated rings. The summed E-state index contributed by atoms with van der Waals surface area (Å²) in [5, 5.41) is 3.98. The number of aromatic nitrogens is 2. The molecule has 2 aromatic heterocycles. The number of halogens is 2. The maximum Gasteiger partial charge on any atom is 0.257 e. The molecule has 0 saturated carbocycles. The molecular weight excluding hydrogens is 293 g/mol. The molecule has 0 unspecified atom stereocenters. The highest BCUT2D eigenvalue weighted by molar-refractivity contribution is 6.35. The third-order valence-electron chi connectivity index (χ3n) is 2.96. The van der Waals surface area contributed by atoms with Crippen LogP contribution in [0.2, 0.25) is 5.02 Å². The Morgan fingerprint density at radius 3 is 2.76 bits per heavy atom. The zero-order chi connectivity index (χ0) is 14.8. The standard InChI is InChI=1S/C15H9ClFN3O/c16-11-4-5-12(10-2-1-7-18-14(10)11)20-15(21)9-3-6-13(17)19-8-9/h1-8H,(H,20,21). The lowest BCUT2D eigenvalue weighted by Crippen LogP contribution is -2.12. The van der Waals surface area contributed by atoms with Gasteiger partial charge in [0.25, 0.3) is 5.91 Å². The van der Waals surface area contributed by atoms with E-state index in [2.05, 4.69) is 15.3 Å². The second kappa shape index (κ2) is 5.46. The minimum atomic E-state index is -0.632. The predicted molar refractivity (Wildman–Crippen MR) is 78.9 cm³/mol. The number of amides is 1. The zero-order valence-electron chi connectivity index (χ0n) is 10.7. The summed E-state index contributed by atoms with van der Waals surface area (Å²) in [5.41, 5.74) is 1.45. The number of carbonyl (C=O) groups excluding carboxylic acids is 1. The first-order chi connectivity index (χ1) is 10.1. The van der Waals surface area contributed by atoms with Gasteiger partial charge in [0.05, 0.1) is 21.8 Å². The van der Waals surface area contributed by atoms with Crippen molar-refractivity contribution in [2.75, 3.05) is 5.32 Å². The number of fused-ring (bicyclic) bond motifs is 1. The van der Waals surface area contributed by atoms with Crippen molar-refractivity contribution in [2.24, 2.45) is 0 Å². The third kappa shape index (κ3) is 2.68. The van der Waals surface area contributed by atoms with Crippen LogP contribution in [-0.2, 0) is 0 Å². The number of benzene rings is 1. The summed E-state index contributed by atoms with van der Waals surface area (Å²) in [5.74, 6) is -1.01. The van der Waals surface area contributed by atoms with Gasteiger partial charge in [0.1, 0.15) is 0 Å². The highest BCUT2D eigenvalue weighted by Crippen LogP contribution is 2.28. The number of carbonyl (C=O) groups is 1. The molecular formula is C15H9ClFN3O. The molecule has 0 aliphatic heterocycles. The molecule has 0 saturated heterocycles. The summed E-state index contributed by atoms with van der Waals surface area (Å²) in [4.78, 5) is 19.8. The molecule has 0 aliphatic rings. The molecule has 0 aliphatic carbocycles.